The molecule has 3 rings (SSSR count). The van der Waals surface area contributed by atoms with Crippen LogP contribution in [0.1, 0.15) is 51.5 Å². The average Bonchev–Trinajstić information content (AvgIpc) is 3.27. The Hall–Kier alpha value is -2.57. The first-order chi connectivity index (χ1) is 12.9. The van der Waals surface area contributed by atoms with Crippen LogP contribution in [0.3, 0.4) is 0 Å². The van der Waals surface area contributed by atoms with E-state index in [1.54, 1.807) is 38.3 Å². The van der Waals surface area contributed by atoms with E-state index >= 15 is 0 Å². The summed E-state index contributed by atoms with van der Waals surface area (Å²) in [6, 6.07) is 5.80. The number of rotatable bonds is 6. The zero-order valence-electron chi connectivity index (χ0n) is 16.1. The number of carbonyl (C=O) groups is 3. The minimum atomic E-state index is -1.16. The van der Waals surface area contributed by atoms with Crippen molar-refractivity contribution in [2.24, 2.45) is 0 Å². The first-order valence-corrected chi connectivity index (χ1v) is 9.53. The number of methoxy groups -OCH3 is 1. The molecule has 1 aliphatic carbocycles. The van der Waals surface area contributed by atoms with Crippen molar-refractivity contribution in [1.82, 2.24) is 15.5 Å². The minimum absolute atomic E-state index is 0.137. The van der Waals surface area contributed by atoms with Gasteiger partial charge in [0.2, 0.25) is 5.91 Å². The molecule has 1 saturated heterocycles. The lowest BCUT2D eigenvalue weighted by Crippen LogP contribution is -2.51. The van der Waals surface area contributed by atoms with Gasteiger partial charge in [0.25, 0.3) is 5.91 Å². The van der Waals surface area contributed by atoms with E-state index in [1.807, 2.05) is 6.92 Å². The summed E-state index contributed by atoms with van der Waals surface area (Å²) in [6.45, 7) is 3.44. The molecule has 0 spiro atoms. The Balaban J connectivity index is 1.82. The monoisotopic (exact) mass is 373 g/mol. The topological polar surface area (TPSA) is 87.7 Å². The molecular formula is C20H27N3O4. The maximum absolute atomic E-state index is 13.2. The zero-order chi connectivity index (χ0) is 19.6. The van der Waals surface area contributed by atoms with Gasteiger partial charge in [0.15, 0.2) is 0 Å². The highest BCUT2D eigenvalue weighted by molar-refractivity contribution is 6.10. The Labute approximate surface area is 159 Å². The minimum Gasteiger partial charge on any atom is -0.497 e. The normalized spacial score (nSPS) is 24.0. The van der Waals surface area contributed by atoms with E-state index in [2.05, 4.69) is 10.6 Å². The summed E-state index contributed by atoms with van der Waals surface area (Å²) in [4.78, 5) is 39.5. The second kappa shape index (κ2) is 7.58. The second-order valence-corrected chi connectivity index (χ2v) is 7.26. The number of hydrogen-bond acceptors (Lipinski definition) is 4. The highest BCUT2D eigenvalue weighted by Gasteiger charge is 2.53. The van der Waals surface area contributed by atoms with Crippen molar-refractivity contribution in [2.75, 3.05) is 7.11 Å². The van der Waals surface area contributed by atoms with Gasteiger partial charge in [0.1, 0.15) is 17.3 Å². The molecule has 1 aromatic carbocycles. The van der Waals surface area contributed by atoms with Crippen LogP contribution in [0.4, 0.5) is 4.79 Å². The highest BCUT2D eigenvalue weighted by atomic mass is 16.5. The summed E-state index contributed by atoms with van der Waals surface area (Å²) < 4.78 is 5.16. The third kappa shape index (κ3) is 3.38. The quantitative estimate of drug-likeness (QED) is 0.749. The van der Waals surface area contributed by atoms with Crippen LogP contribution in [0.2, 0.25) is 0 Å². The van der Waals surface area contributed by atoms with Gasteiger partial charge in [-0.25, -0.2) is 9.69 Å². The maximum atomic E-state index is 13.2. The molecule has 4 amide bonds. The molecule has 2 fully saturated rings. The number of imide groups is 1. The molecule has 0 bridgehead atoms. The molecule has 7 nitrogen and oxygen atoms in total. The number of benzene rings is 1. The molecule has 1 aliphatic heterocycles. The van der Waals surface area contributed by atoms with E-state index < -0.39 is 23.5 Å². The molecular weight excluding hydrogens is 346 g/mol. The summed E-state index contributed by atoms with van der Waals surface area (Å²) >= 11 is 0. The Morgan fingerprint density at radius 2 is 1.93 bits per heavy atom. The fraction of sp³-hybridized carbons (Fsp3) is 0.550. The Kier molecular flexibility index (Phi) is 5.39. The van der Waals surface area contributed by atoms with E-state index in [-0.39, 0.29) is 11.9 Å². The van der Waals surface area contributed by atoms with E-state index in [9.17, 15) is 14.4 Å². The Bertz CT molecular complexity index is 727. The number of nitrogens with one attached hydrogen (secondary N) is 2. The third-order valence-electron chi connectivity index (χ3n) is 5.70. The number of nitrogens with zero attached hydrogens (tertiary/aromatic N) is 1. The number of carbonyl (C=O) groups excluding carboxylic acids is 3. The van der Waals surface area contributed by atoms with Crippen molar-refractivity contribution in [3.05, 3.63) is 29.8 Å². The van der Waals surface area contributed by atoms with Crippen LogP contribution in [0.15, 0.2) is 24.3 Å². The van der Waals surface area contributed by atoms with Gasteiger partial charge >= 0.3 is 6.03 Å². The molecule has 0 aromatic heterocycles. The van der Waals surface area contributed by atoms with Crippen molar-refractivity contribution < 1.29 is 19.1 Å². The number of hydrogen-bond donors (Lipinski definition) is 2. The second-order valence-electron chi connectivity index (χ2n) is 7.26. The summed E-state index contributed by atoms with van der Waals surface area (Å²) in [5.41, 5.74) is -0.485. The van der Waals surface area contributed by atoms with Crippen LogP contribution in [0.5, 0.6) is 5.75 Å². The van der Waals surface area contributed by atoms with Crippen molar-refractivity contribution in [1.29, 1.82) is 0 Å². The number of amides is 4. The van der Waals surface area contributed by atoms with E-state index in [0.717, 1.165) is 30.6 Å². The lowest BCUT2D eigenvalue weighted by Gasteiger charge is -2.27. The summed E-state index contributed by atoms with van der Waals surface area (Å²) in [5, 5.41) is 5.78. The van der Waals surface area contributed by atoms with Gasteiger partial charge in [0.05, 0.1) is 7.11 Å². The van der Waals surface area contributed by atoms with Crippen LogP contribution >= 0.6 is 0 Å². The molecule has 2 N–H and O–H groups in total. The van der Waals surface area contributed by atoms with E-state index in [1.165, 1.54) is 0 Å². The molecule has 1 aromatic rings. The first-order valence-electron chi connectivity index (χ1n) is 9.53. The molecule has 2 aliphatic rings. The smallest absolute Gasteiger partial charge is 0.326 e. The van der Waals surface area contributed by atoms with Gasteiger partial charge < -0.3 is 15.4 Å². The van der Waals surface area contributed by atoms with Gasteiger partial charge in [-0.2, -0.15) is 0 Å². The summed E-state index contributed by atoms with van der Waals surface area (Å²) in [6.07, 6.45) is 4.47. The van der Waals surface area contributed by atoms with Crippen LogP contribution in [0.25, 0.3) is 0 Å². The highest BCUT2D eigenvalue weighted by Crippen LogP contribution is 2.34. The molecule has 1 heterocycles. The van der Waals surface area contributed by atoms with Gasteiger partial charge in [0, 0.05) is 6.04 Å². The lowest BCUT2D eigenvalue weighted by atomic mass is 9.87. The fourth-order valence-corrected chi connectivity index (χ4v) is 3.97. The molecule has 0 radical (unpaired) electrons. The zero-order valence-corrected chi connectivity index (χ0v) is 16.1. The number of ether oxygens (including phenoxy) is 1. The predicted octanol–water partition coefficient (Wildman–Crippen LogP) is 2.30. The molecule has 2 atom stereocenters. The van der Waals surface area contributed by atoms with Gasteiger partial charge in [-0.1, -0.05) is 31.9 Å². The van der Waals surface area contributed by atoms with Gasteiger partial charge in [-0.15, -0.1) is 0 Å². The Morgan fingerprint density at radius 3 is 2.48 bits per heavy atom. The largest absolute Gasteiger partial charge is 0.497 e. The number of urea groups is 1. The van der Waals surface area contributed by atoms with Crippen LogP contribution in [-0.2, 0) is 15.1 Å². The molecule has 1 saturated carbocycles. The van der Waals surface area contributed by atoms with Crippen LogP contribution in [-0.4, -0.2) is 41.9 Å². The van der Waals surface area contributed by atoms with E-state index in [4.69, 9.17) is 4.74 Å². The first kappa shape index (κ1) is 19.2. The molecule has 7 heteroatoms. The van der Waals surface area contributed by atoms with Gasteiger partial charge in [-0.3, -0.25) is 9.59 Å². The summed E-state index contributed by atoms with van der Waals surface area (Å²) in [5.74, 6) is -0.00999. The predicted molar refractivity (Wildman–Crippen MR) is 100 cm³/mol. The van der Waals surface area contributed by atoms with Crippen molar-refractivity contribution in [3.63, 3.8) is 0 Å². The lowest BCUT2D eigenvalue weighted by molar-refractivity contribution is -0.138. The molecule has 146 valence electrons. The van der Waals surface area contributed by atoms with Crippen LogP contribution < -0.4 is 15.4 Å². The van der Waals surface area contributed by atoms with Crippen LogP contribution in [0, 0.1) is 0 Å². The fourth-order valence-electron chi connectivity index (χ4n) is 3.97. The maximum Gasteiger partial charge on any atom is 0.326 e. The molecule has 27 heavy (non-hydrogen) atoms. The molecule has 0 unspecified atom stereocenters. The van der Waals surface area contributed by atoms with E-state index in [0.29, 0.717) is 17.7 Å². The standard InChI is InChI=1S/C20H27N3O4/c1-4-20(14-9-11-16(27-3)12-10-14)18(25)23(19(26)22-20)13(2)17(24)21-15-7-5-6-8-15/h9-13,15H,4-8H2,1-3H3,(H,21,24)(H,22,26)/t13-,20+/m0/s1. The third-order valence-corrected chi connectivity index (χ3v) is 5.70. The van der Waals surface area contributed by atoms with Gasteiger partial charge in [-0.05, 0) is 43.9 Å². The average molecular weight is 373 g/mol. The van der Waals surface area contributed by atoms with Crippen molar-refractivity contribution >= 4 is 17.8 Å². The summed E-state index contributed by atoms with van der Waals surface area (Å²) in [7, 11) is 1.57. The van der Waals surface area contributed by atoms with Crippen molar-refractivity contribution in [2.45, 2.75) is 63.6 Å². The Morgan fingerprint density at radius 1 is 1.30 bits per heavy atom. The van der Waals surface area contributed by atoms with Crippen molar-refractivity contribution in [3.8, 4) is 5.75 Å². The SMILES string of the molecule is CC[C@]1(c2ccc(OC)cc2)NC(=O)N([C@@H](C)C(=O)NC2CCCC2)C1=O.